The molecule has 0 spiro atoms. The van der Waals surface area contributed by atoms with Gasteiger partial charge >= 0.3 is 0 Å². The minimum Gasteiger partial charge on any atom is -0.305 e. The van der Waals surface area contributed by atoms with Crippen LogP contribution in [0.25, 0.3) is 0 Å². The number of amides is 1. The summed E-state index contributed by atoms with van der Waals surface area (Å²) in [5.74, 6) is 0.308. The van der Waals surface area contributed by atoms with Gasteiger partial charge in [0.05, 0.1) is 5.56 Å². The Kier molecular flexibility index (Phi) is 4.66. The molecule has 5 nitrogen and oxygen atoms in total. The summed E-state index contributed by atoms with van der Waals surface area (Å²) in [5, 5.41) is 7.65. The fourth-order valence-electron chi connectivity index (χ4n) is 2.33. The van der Waals surface area contributed by atoms with Crippen LogP contribution in [0.3, 0.4) is 0 Å². The van der Waals surface area contributed by atoms with E-state index in [-0.39, 0.29) is 5.91 Å². The van der Waals surface area contributed by atoms with E-state index >= 15 is 0 Å². The molecule has 0 bridgehead atoms. The molecule has 1 amide bonds. The van der Waals surface area contributed by atoms with Crippen LogP contribution in [0.1, 0.15) is 21.5 Å². The standard InChI is InChI=1S/C18H18N4OS/c1-12-6-7-15(13(2)11-12)24-18-14(5-4-9-19-18)17(23)20-16-8-10-22(3)21-16/h4-11H,1-3H3,(H,20,21,23). The maximum absolute atomic E-state index is 12.6. The van der Waals surface area contributed by atoms with Crippen LogP contribution in [0.5, 0.6) is 0 Å². The first-order valence-corrected chi connectivity index (χ1v) is 8.36. The quantitative estimate of drug-likeness (QED) is 0.785. The van der Waals surface area contributed by atoms with Crippen LogP contribution in [0, 0.1) is 13.8 Å². The molecule has 0 aliphatic heterocycles. The monoisotopic (exact) mass is 338 g/mol. The van der Waals surface area contributed by atoms with Gasteiger partial charge in [0.15, 0.2) is 5.82 Å². The molecule has 2 heterocycles. The van der Waals surface area contributed by atoms with Gasteiger partial charge in [-0.05, 0) is 37.6 Å². The number of benzene rings is 1. The van der Waals surface area contributed by atoms with Crippen LogP contribution < -0.4 is 5.32 Å². The van der Waals surface area contributed by atoms with Crippen LogP contribution in [0.15, 0.2) is 58.7 Å². The Labute approximate surface area is 145 Å². The van der Waals surface area contributed by atoms with Gasteiger partial charge < -0.3 is 5.32 Å². The number of rotatable bonds is 4. The van der Waals surface area contributed by atoms with E-state index in [1.54, 1.807) is 42.3 Å². The van der Waals surface area contributed by atoms with Crippen LogP contribution in [-0.2, 0) is 7.05 Å². The molecule has 2 aromatic heterocycles. The van der Waals surface area contributed by atoms with Crippen LogP contribution in [0.4, 0.5) is 5.82 Å². The molecule has 122 valence electrons. The van der Waals surface area contributed by atoms with Crippen molar-refractivity contribution < 1.29 is 4.79 Å². The zero-order valence-electron chi connectivity index (χ0n) is 13.8. The Hall–Kier alpha value is -2.60. The Morgan fingerprint density at radius 2 is 2.04 bits per heavy atom. The lowest BCUT2D eigenvalue weighted by molar-refractivity contribution is 0.102. The Balaban J connectivity index is 1.86. The molecule has 24 heavy (non-hydrogen) atoms. The fourth-order valence-corrected chi connectivity index (χ4v) is 3.28. The lowest BCUT2D eigenvalue weighted by Gasteiger charge is -2.10. The molecule has 0 saturated carbocycles. The number of anilines is 1. The zero-order chi connectivity index (χ0) is 17.1. The van der Waals surface area contributed by atoms with E-state index in [0.29, 0.717) is 16.4 Å². The topological polar surface area (TPSA) is 59.8 Å². The Morgan fingerprint density at radius 3 is 2.75 bits per heavy atom. The maximum atomic E-state index is 12.6. The molecule has 0 radical (unpaired) electrons. The van der Waals surface area contributed by atoms with Crippen LogP contribution in [0.2, 0.25) is 0 Å². The molecule has 0 atom stereocenters. The first-order valence-electron chi connectivity index (χ1n) is 7.54. The third-order valence-electron chi connectivity index (χ3n) is 3.51. The molecular formula is C18H18N4OS. The van der Waals surface area contributed by atoms with Crippen molar-refractivity contribution in [2.75, 3.05) is 5.32 Å². The van der Waals surface area contributed by atoms with Crippen molar-refractivity contribution in [2.24, 2.45) is 7.05 Å². The van der Waals surface area contributed by atoms with E-state index in [9.17, 15) is 4.79 Å². The zero-order valence-corrected chi connectivity index (χ0v) is 14.6. The van der Waals surface area contributed by atoms with Crippen molar-refractivity contribution in [3.8, 4) is 0 Å². The van der Waals surface area contributed by atoms with Gasteiger partial charge in [0.2, 0.25) is 0 Å². The van der Waals surface area contributed by atoms with Gasteiger partial charge in [-0.1, -0.05) is 29.5 Å². The van der Waals surface area contributed by atoms with Gasteiger partial charge in [0.1, 0.15) is 5.03 Å². The summed E-state index contributed by atoms with van der Waals surface area (Å²) >= 11 is 1.50. The minimum atomic E-state index is -0.214. The van der Waals surface area contributed by atoms with E-state index < -0.39 is 0 Å². The second-order valence-electron chi connectivity index (χ2n) is 5.56. The molecule has 1 N–H and O–H groups in total. The molecule has 3 rings (SSSR count). The van der Waals surface area contributed by atoms with Crippen molar-refractivity contribution in [3.63, 3.8) is 0 Å². The third kappa shape index (κ3) is 3.65. The molecule has 0 unspecified atom stereocenters. The van der Waals surface area contributed by atoms with Gasteiger partial charge in [-0.25, -0.2) is 4.98 Å². The summed E-state index contributed by atoms with van der Waals surface area (Å²) < 4.78 is 1.64. The van der Waals surface area contributed by atoms with Crippen LogP contribution in [-0.4, -0.2) is 20.7 Å². The number of aryl methyl sites for hydroxylation is 3. The van der Waals surface area contributed by atoms with Crippen molar-refractivity contribution in [1.29, 1.82) is 0 Å². The molecule has 1 aromatic carbocycles. The largest absolute Gasteiger partial charge is 0.305 e. The molecule has 6 heteroatoms. The number of pyridine rings is 1. The van der Waals surface area contributed by atoms with E-state index in [0.717, 1.165) is 4.90 Å². The highest BCUT2D eigenvalue weighted by molar-refractivity contribution is 7.99. The molecule has 3 aromatic rings. The number of aromatic nitrogens is 3. The predicted molar refractivity (Wildman–Crippen MR) is 95.4 cm³/mol. The van der Waals surface area contributed by atoms with Gasteiger partial charge in [0.25, 0.3) is 5.91 Å². The SMILES string of the molecule is Cc1ccc(Sc2ncccc2C(=O)Nc2ccn(C)n2)c(C)c1. The number of hydrogen-bond donors (Lipinski definition) is 1. The number of carbonyl (C=O) groups excluding carboxylic acids is 1. The summed E-state index contributed by atoms with van der Waals surface area (Å²) in [6.07, 6.45) is 3.48. The average Bonchev–Trinajstić information content (AvgIpc) is 2.95. The number of carbonyl (C=O) groups is 1. The third-order valence-corrected chi connectivity index (χ3v) is 4.70. The smallest absolute Gasteiger partial charge is 0.259 e. The summed E-state index contributed by atoms with van der Waals surface area (Å²) in [7, 11) is 1.81. The van der Waals surface area contributed by atoms with Gasteiger partial charge in [-0.2, -0.15) is 5.10 Å². The summed E-state index contributed by atoms with van der Waals surface area (Å²) in [6, 6.07) is 11.5. The van der Waals surface area contributed by atoms with Crippen molar-refractivity contribution in [3.05, 3.63) is 65.5 Å². The summed E-state index contributed by atoms with van der Waals surface area (Å²) in [4.78, 5) is 18.0. The molecular weight excluding hydrogens is 320 g/mol. The Morgan fingerprint density at radius 1 is 1.21 bits per heavy atom. The first kappa shape index (κ1) is 16.3. The number of nitrogens with zero attached hydrogens (tertiary/aromatic N) is 3. The average molecular weight is 338 g/mol. The molecule has 0 aliphatic rings. The maximum Gasteiger partial charge on any atom is 0.259 e. The van der Waals surface area contributed by atoms with Crippen LogP contribution >= 0.6 is 11.8 Å². The second kappa shape index (κ2) is 6.88. The highest BCUT2D eigenvalue weighted by Gasteiger charge is 2.15. The lowest BCUT2D eigenvalue weighted by atomic mass is 10.2. The normalized spacial score (nSPS) is 10.6. The lowest BCUT2D eigenvalue weighted by Crippen LogP contribution is -2.14. The second-order valence-corrected chi connectivity index (χ2v) is 6.59. The Bertz CT molecular complexity index is 888. The van der Waals surface area contributed by atoms with E-state index in [2.05, 4.69) is 47.4 Å². The fraction of sp³-hybridized carbons (Fsp3) is 0.167. The van der Waals surface area contributed by atoms with E-state index in [4.69, 9.17) is 0 Å². The predicted octanol–water partition coefficient (Wildman–Crippen LogP) is 3.84. The highest BCUT2D eigenvalue weighted by atomic mass is 32.2. The molecule has 0 aliphatic carbocycles. The van der Waals surface area contributed by atoms with E-state index in [1.807, 2.05) is 0 Å². The van der Waals surface area contributed by atoms with Crippen molar-refractivity contribution in [2.45, 2.75) is 23.8 Å². The van der Waals surface area contributed by atoms with Gasteiger partial charge in [-0.15, -0.1) is 0 Å². The van der Waals surface area contributed by atoms with Gasteiger partial charge in [-0.3, -0.25) is 9.48 Å². The molecule has 0 saturated heterocycles. The molecule has 0 fully saturated rings. The summed E-state index contributed by atoms with van der Waals surface area (Å²) in [6.45, 7) is 4.12. The van der Waals surface area contributed by atoms with Crippen molar-refractivity contribution in [1.82, 2.24) is 14.8 Å². The number of hydrogen-bond acceptors (Lipinski definition) is 4. The van der Waals surface area contributed by atoms with E-state index in [1.165, 1.54) is 22.9 Å². The highest BCUT2D eigenvalue weighted by Crippen LogP contribution is 2.31. The number of nitrogens with one attached hydrogen (secondary N) is 1. The van der Waals surface area contributed by atoms with Gasteiger partial charge in [0, 0.05) is 30.4 Å². The minimum absolute atomic E-state index is 0.214. The summed E-state index contributed by atoms with van der Waals surface area (Å²) in [5.41, 5.74) is 2.92. The first-order chi connectivity index (χ1) is 11.5. The van der Waals surface area contributed by atoms with Crippen molar-refractivity contribution >= 4 is 23.5 Å².